The zero-order valence-corrected chi connectivity index (χ0v) is 12.8. The Morgan fingerprint density at radius 3 is 2.24 bits per heavy atom. The van der Waals surface area contributed by atoms with Crippen LogP contribution in [-0.4, -0.2) is 16.9 Å². The van der Waals surface area contributed by atoms with Crippen molar-refractivity contribution < 1.29 is 14.7 Å². The van der Waals surface area contributed by atoms with Gasteiger partial charge in [-0.1, -0.05) is 18.2 Å². The summed E-state index contributed by atoms with van der Waals surface area (Å²) in [5.74, 6) is -1.76. The highest BCUT2D eigenvalue weighted by molar-refractivity contribution is 9.10. The highest BCUT2D eigenvalue weighted by Crippen LogP contribution is 2.24. The quantitative estimate of drug-likeness (QED) is 0.576. The smallest absolute Gasteiger partial charge is 0.314 e. The van der Waals surface area contributed by atoms with Crippen molar-refractivity contribution in [1.82, 2.24) is 0 Å². The van der Waals surface area contributed by atoms with E-state index in [1.807, 2.05) is 6.92 Å². The van der Waals surface area contributed by atoms with Crippen LogP contribution >= 0.6 is 15.9 Å². The summed E-state index contributed by atoms with van der Waals surface area (Å²) in [5, 5.41) is 14.5. The van der Waals surface area contributed by atoms with Crippen LogP contribution in [0.2, 0.25) is 0 Å². The normalized spacial score (nSPS) is 10.0. The van der Waals surface area contributed by atoms with Crippen LogP contribution in [0.1, 0.15) is 5.56 Å². The van der Waals surface area contributed by atoms with Crippen LogP contribution in [0.15, 0.2) is 46.9 Å². The number of rotatable bonds is 2. The van der Waals surface area contributed by atoms with Gasteiger partial charge in [0.25, 0.3) is 0 Å². The Kier molecular flexibility index (Phi) is 4.59. The second-order valence-electron chi connectivity index (χ2n) is 4.41. The van der Waals surface area contributed by atoms with E-state index in [0.29, 0.717) is 10.2 Å². The standard InChI is InChI=1S/C15H13BrN2O3/c1-9-6-7-12(13(19)8-9)18-15(21)14(20)17-11-5-3-2-4-10(11)16/h2-8,19H,1H3,(H,17,20)(H,18,21). The summed E-state index contributed by atoms with van der Waals surface area (Å²) in [6.07, 6.45) is 0. The molecule has 0 aliphatic rings. The number of aromatic hydroxyl groups is 1. The number of amides is 2. The number of phenols is 1. The van der Waals surface area contributed by atoms with Crippen LogP contribution in [0, 0.1) is 6.92 Å². The topological polar surface area (TPSA) is 78.4 Å². The predicted molar refractivity (Wildman–Crippen MR) is 84.2 cm³/mol. The molecular weight excluding hydrogens is 336 g/mol. The molecule has 3 N–H and O–H groups in total. The first-order valence-electron chi connectivity index (χ1n) is 6.14. The molecule has 0 heterocycles. The lowest BCUT2D eigenvalue weighted by molar-refractivity contribution is -0.133. The first-order valence-corrected chi connectivity index (χ1v) is 6.93. The van der Waals surface area contributed by atoms with E-state index in [1.165, 1.54) is 12.1 Å². The molecule has 0 spiro atoms. The van der Waals surface area contributed by atoms with Crippen LogP contribution in [0.3, 0.4) is 0 Å². The van der Waals surface area contributed by atoms with Crippen LogP contribution in [0.4, 0.5) is 11.4 Å². The Morgan fingerprint density at radius 2 is 1.62 bits per heavy atom. The Balaban J connectivity index is 2.06. The molecule has 6 heteroatoms. The zero-order chi connectivity index (χ0) is 15.4. The van der Waals surface area contributed by atoms with E-state index in [9.17, 15) is 14.7 Å². The molecule has 108 valence electrons. The van der Waals surface area contributed by atoms with Crippen molar-refractivity contribution in [3.63, 3.8) is 0 Å². The van der Waals surface area contributed by atoms with Crippen molar-refractivity contribution in [2.45, 2.75) is 6.92 Å². The Hall–Kier alpha value is -2.34. The third-order valence-corrected chi connectivity index (χ3v) is 3.42. The summed E-state index contributed by atoms with van der Waals surface area (Å²) < 4.78 is 0.671. The van der Waals surface area contributed by atoms with Crippen molar-refractivity contribution >= 4 is 39.1 Å². The van der Waals surface area contributed by atoms with Gasteiger partial charge < -0.3 is 15.7 Å². The fourth-order valence-corrected chi connectivity index (χ4v) is 2.05. The number of carbonyl (C=O) groups excluding carboxylic acids is 2. The van der Waals surface area contributed by atoms with Gasteiger partial charge in [-0.2, -0.15) is 0 Å². The monoisotopic (exact) mass is 348 g/mol. The third-order valence-electron chi connectivity index (χ3n) is 2.73. The van der Waals surface area contributed by atoms with Gasteiger partial charge >= 0.3 is 11.8 Å². The number of halogens is 1. The molecule has 0 unspecified atom stereocenters. The van der Waals surface area contributed by atoms with Crippen molar-refractivity contribution in [2.24, 2.45) is 0 Å². The maximum atomic E-state index is 11.8. The summed E-state index contributed by atoms with van der Waals surface area (Å²) in [5.41, 5.74) is 1.53. The van der Waals surface area contributed by atoms with Gasteiger partial charge in [-0.25, -0.2) is 0 Å². The van der Waals surface area contributed by atoms with E-state index in [4.69, 9.17) is 0 Å². The van der Waals surface area contributed by atoms with E-state index < -0.39 is 11.8 Å². The van der Waals surface area contributed by atoms with E-state index >= 15 is 0 Å². The second kappa shape index (κ2) is 6.41. The molecule has 0 aromatic heterocycles. The Morgan fingerprint density at radius 1 is 1.00 bits per heavy atom. The summed E-state index contributed by atoms with van der Waals surface area (Å²) in [7, 11) is 0. The number of hydrogen-bond acceptors (Lipinski definition) is 3. The fraction of sp³-hybridized carbons (Fsp3) is 0.0667. The minimum absolute atomic E-state index is 0.0861. The number of aryl methyl sites for hydroxylation is 1. The summed E-state index contributed by atoms with van der Waals surface area (Å²) in [6, 6.07) is 11.7. The van der Waals surface area contributed by atoms with Crippen LogP contribution in [-0.2, 0) is 9.59 Å². The van der Waals surface area contributed by atoms with Crippen molar-refractivity contribution in [2.75, 3.05) is 10.6 Å². The van der Waals surface area contributed by atoms with Crippen molar-refractivity contribution in [3.8, 4) is 5.75 Å². The van der Waals surface area contributed by atoms with Gasteiger partial charge in [0.05, 0.1) is 11.4 Å². The molecule has 21 heavy (non-hydrogen) atoms. The predicted octanol–water partition coefficient (Wildman–Crippen LogP) is 3.04. The number of carbonyl (C=O) groups is 2. The van der Waals surface area contributed by atoms with Crippen LogP contribution in [0.5, 0.6) is 5.75 Å². The van der Waals surface area contributed by atoms with E-state index in [0.717, 1.165) is 5.56 Å². The van der Waals surface area contributed by atoms with Gasteiger partial charge in [-0.05, 0) is 52.7 Å². The molecule has 0 bridgehead atoms. The van der Waals surface area contributed by atoms with Crippen molar-refractivity contribution in [3.05, 3.63) is 52.5 Å². The van der Waals surface area contributed by atoms with Gasteiger partial charge in [0.1, 0.15) is 5.75 Å². The molecule has 5 nitrogen and oxygen atoms in total. The van der Waals surface area contributed by atoms with E-state index in [-0.39, 0.29) is 11.4 Å². The number of para-hydroxylation sites is 1. The molecule has 0 atom stereocenters. The Bertz CT molecular complexity index is 701. The largest absolute Gasteiger partial charge is 0.506 e. The van der Waals surface area contributed by atoms with Gasteiger partial charge in [-0.15, -0.1) is 0 Å². The molecule has 2 aromatic carbocycles. The molecule has 0 saturated carbocycles. The average molecular weight is 349 g/mol. The molecule has 2 rings (SSSR count). The molecule has 0 saturated heterocycles. The molecule has 0 radical (unpaired) electrons. The molecule has 2 aromatic rings. The molecular formula is C15H13BrN2O3. The number of benzene rings is 2. The van der Waals surface area contributed by atoms with Crippen LogP contribution < -0.4 is 10.6 Å². The van der Waals surface area contributed by atoms with E-state index in [1.54, 1.807) is 30.3 Å². The molecule has 0 aliphatic carbocycles. The maximum absolute atomic E-state index is 11.8. The van der Waals surface area contributed by atoms with Gasteiger partial charge in [0.15, 0.2) is 0 Å². The lowest BCUT2D eigenvalue weighted by Crippen LogP contribution is -2.29. The lowest BCUT2D eigenvalue weighted by atomic mass is 10.2. The first-order chi connectivity index (χ1) is 9.97. The van der Waals surface area contributed by atoms with Gasteiger partial charge in [0.2, 0.25) is 0 Å². The Labute approximate surface area is 130 Å². The van der Waals surface area contributed by atoms with Crippen molar-refractivity contribution in [1.29, 1.82) is 0 Å². The first kappa shape index (κ1) is 15.1. The highest BCUT2D eigenvalue weighted by atomic mass is 79.9. The van der Waals surface area contributed by atoms with Gasteiger partial charge in [-0.3, -0.25) is 9.59 Å². The summed E-state index contributed by atoms with van der Waals surface area (Å²) >= 11 is 3.27. The minimum Gasteiger partial charge on any atom is -0.506 e. The molecule has 0 fully saturated rings. The zero-order valence-electron chi connectivity index (χ0n) is 11.2. The number of phenolic OH excluding ortho intramolecular Hbond substituents is 1. The van der Waals surface area contributed by atoms with E-state index in [2.05, 4.69) is 26.6 Å². The molecule has 0 aliphatic heterocycles. The summed E-state index contributed by atoms with van der Waals surface area (Å²) in [6.45, 7) is 1.81. The number of anilines is 2. The second-order valence-corrected chi connectivity index (χ2v) is 5.26. The average Bonchev–Trinajstić information content (AvgIpc) is 2.44. The third kappa shape index (κ3) is 3.82. The lowest BCUT2D eigenvalue weighted by Gasteiger charge is -2.09. The SMILES string of the molecule is Cc1ccc(NC(=O)C(=O)Nc2ccccc2Br)c(O)c1. The number of hydrogen-bond donors (Lipinski definition) is 3. The van der Waals surface area contributed by atoms with Crippen LogP contribution in [0.25, 0.3) is 0 Å². The number of nitrogens with one attached hydrogen (secondary N) is 2. The van der Waals surface area contributed by atoms with Gasteiger partial charge in [0, 0.05) is 4.47 Å². The molecule has 2 amide bonds. The highest BCUT2D eigenvalue weighted by Gasteiger charge is 2.16. The maximum Gasteiger partial charge on any atom is 0.314 e. The minimum atomic E-state index is -0.857. The summed E-state index contributed by atoms with van der Waals surface area (Å²) in [4.78, 5) is 23.6. The fourth-order valence-electron chi connectivity index (χ4n) is 1.67.